The molecule has 1 atom stereocenters. The van der Waals surface area contributed by atoms with Gasteiger partial charge < -0.3 is 10.2 Å². The molecule has 0 radical (unpaired) electrons. The van der Waals surface area contributed by atoms with Crippen molar-refractivity contribution in [1.29, 1.82) is 0 Å². The molecule has 0 aliphatic rings. The van der Waals surface area contributed by atoms with Gasteiger partial charge in [0.25, 0.3) is 0 Å². The molecule has 2 rings (SSSR count). The highest BCUT2D eigenvalue weighted by Crippen LogP contribution is 2.20. The van der Waals surface area contributed by atoms with Crippen molar-refractivity contribution >= 4 is 11.3 Å². The Labute approximate surface area is 117 Å². The fourth-order valence-electron chi connectivity index (χ4n) is 1.91. The summed E-state index contributed by atoms with van der Waals surface area (Å²) >= 11 is 1.62. The van der Waals surface area contributed by atoms with E-state index in [0.717, 1.165) is 23.7 Å². The van der Waals surface area contributed by atoms with Crippen LogP contribution in [0.2, 0.25) is 0 Å². The molecule has 1 aromatic heterocycles. The van der Waals surface area contributed by atoms with Crippen LogP contribution < -0.4 is 0 Å². The van der Waals surface area contributed by atoms with Gasteiger partial charge in [0.15, 0.2) is 0 Å². The first kappa shape index (κ1) is 14.0. The third-order valence-corrected chi connectivity index (χ3v) is 3.74. The lowest BCUT2D eigenvalue weighted by atomic mass is 10.1. The molecule has 4 nitrogen and oxygen atoms in total. The van der Waals surface area contributed by atoms with Crippen LogP contribution in [0.25, 0.3) is 0 Å². The summed E-state index contributed by atoms with van der Waals surface area (Å²) in [5, 5.41) is 22.6. The van der Waals surface area contributed by atoms with E-state index in [1.54, 1.807) is 35.7 Å². The normalized spacial score (nSPS) is 12.8. The van der Waals surface area contributed by atoms with Crippen LogP contribution in [0.3, 0.4) is 0 Å². The average Bonchev–Trinajstić information content (AvgIpc) is 2.90. The number of aliphatic hydroxyl groups is 1. The Bertz CT molecular complexity index is 502. The van der Waals surface area contributed by atoms with Gasteiger partial charge in [-0.1, -0.05) is 19.1 Å². The van der Waals surface area contributed by atoms with Crippen LogP contribution in [0.4, 0.5) is 0 Å². The maximum absolute atomic E-state index is 10.2. The number of thiazole rings is 1. The zero-order valence-electron chi connectivity index (χ0n) is 10.9. The average molecular weight is 278 g/mol. The third kappa shape index (κ3) is 4.02. The summed E-state index contributed by atoms with van der Waals surface area (Å²) in [4.78, 5) is 6.39. The highest BCUT2D eigenvalue weighted by atomic mass is 32.1. The third-order valence-electron chi connectivity index (χ3n) is 2.98. The van der Waals surface area contributed by atoms with Crippen molar-refractivity contribution in [2.45, 2.75) is 19.6 Å². The molecule has 102 valence electrons. The summed E-state index contributed by atoms with van der Waals surface area (Å²) in [6, 6.07) is 6.76. The van der Waals surface area contributed by atoms with Gasteiger partial charge in [-0.05, 0) is 24.2 Å². The maximum Gasteiger partial charge on any atom is 0.115 e. The number of aromatic hydroxyl groups is 1. The Morgan fingerprint density at radius 2 is 2.26 bits per heavy atom. The first-order chi connectivity index (χ1) is 9.19. The Balaban J connectivity index is 1.97. The molecule has 2 aromatic rings. The lowest BCUT2D eigenvalue weighted by Crippen LogP contribution is -2.28. The number of aromatic nitrogens is 1. The molecule has 0 amide bonds. The first-order valence-corrected chi connectivity index (χ1v) is 7.14. The van der Waals surface area contributed by atoms with E-state index in [1.165, 1.54) is 0 Å². The molecule has 1 unspecified atom stereocenters. The van der Waals surface area contributed by atoms with Crippen molar-refractivity contribution in [2.24, 2.45) is 0 Å². The molecule has 1 heterocycles. The molecule has 0 spiro atoms. The number of phenols is 1. The molecular formula is C14H18N2O2S. The van der Waals surface area contributed by atoms with Crippen LogP contribution in [-0.2, 0) is 6.54 Å². The van der Waals surface area contributed by atoms with E-state index in [1.807, 2.05) is 11.4 Å². The highest BCUT2D eigenvalue weighted by molar-refractivity contribution is 7.09. The Hall–Kier alpha value is -1.43. The molecule has 0 aliphatic heterocycles. The van der Waals surface area contributed by atoms with Crippen LogP contribution in [0.5, 0.6) is 5.75 Å². The standard InChI is InChI=1S/C14H18N2O2S/c1-2-16(10-14-15-6-7-19-14)9-13(18)11-4-3-5-12(17)8-11/h3-8,13,17-18H,2,9-10H2,1H3. The van der Waals surface area contributed by atoms with E-state index in [0.29, 0.717) is 6.54 Å². The minimum absolute atomic E-state index is 0.180. The summed E-state index contributed by atoms with van der Waals surface area (Å²) in [6.07, 6.45) is 1.19. The van der Waals surface area contributed by atoms with Gasteiger partial charge in [-0.25, -0.2) is 4.98 Å². The molecule has 0 fully saturated rings. The SMILES string of the molecule is CCN(Cc1nccs1)CC(O)c1cccc(O)c1. The number of hydrogen-bond acceptors (Lipinski definition) is 5. The molecule has 0 saturated carbocycles. The number of hydrogen-bond donors (Lipinski definition) is 2. The van der Waals surface area contributed by atoms with Gasteiger partial charge in [0, 0.05) is 18.1 Å². The molecule has 0 aliphatic carbocycles. The predicted octanol–water partition coefficient (Wildman–Crippen LogP) is 2.40. The van der Waals surface area contributed by atoms with Crippen LogP contribution in [0.1, 0.15) is 23.6 Å². The number of rotatable bonds is 6. The van der Waals surface area contributed by atoms with E-state index in [4.69, 9.17) is 0 Å². The van der Waals surface area contributed by atoms with Crippen molar-refractivity contribution in [2.75, 3.05) is 13.1 Å². The van der Waals surface area contributed by atoms with Crippen LogP contribution in [0, 0.1) is 0 Å². The zero-order valence-corrected chi connectivity index (χ0v) is 11.7. The zero-order chi connectivity index (χ0) is 13.7. The van der Waals surface area contributed by atoms with Crippen molar-refractivity contribution in [3.63, 3.8) is 0 Å². The van der Waals surface area contributed by atoms with E-state index in [-0.39, 0.29) is 5.75 Å². The van der Waals surface area contributed by atoms with E-state index < -0.39 is 6.10 Å². The Morgan fingerprint density at radius 3 is 2.89 bits per heavy atom. The lowest BCUT2D eigenvalue weighted by Gasteiger charge is -2.22. The molecule has 2 N–H and O–H groups in total. The second kappa shape index (κ2) is 6.65. The van der Waals surface area contributed by atoms with Gasteiger partial charge in [-0.2, -0.15) is 0 Å². The van der Waals surface area contributed by atoms with Crippen molar-refractivity contribution in [3.8, 4) is 5.75 Å². The first-order valence-electron chi connectivity index (χ1n) is 6.26. The predicted molar refractivity (Wildman–Crippen MR) is 76.1 cm³/mol. The number of phenolic OH excluding ortho intramolecular Hbond substituents is 1. The molecule has 0 saturated heterocycles. The van der Waals surface area contributed by atoms with Crippen molar-refractivity contribution in [3.05, 3.63) is 46.4 Å². The van der Waals surface area contributed by atoms with Crippen LogP contribution in [0.15, 0.2) is 35.8 Å². The minimum Gasteiger partial charge on any atom is -0.508 e. The number of aliphatic hydroxyl groups excluding tert-OH is 1. The second-order valence-electron chi connectivity index (χ2n) is 4.36. The van der Waals surface area contributed by atoms with Gasteiger partial charge in [0.05, 0.1) is 12.6 Å². The summed E-state index contributed by atoms with van der Waals surface area (Å²) in [5.41, 5.74) is 0.734. The quantitative estimate of drug-likeness (QED) is 0.852. The lowest BCUT2D eigenvalue weighted by molar-refractivity contribution is 0.112. The van der Waals surface area contributed by atoms with Gasteiger partial charge >= 0.3 is 0 Å². The second-order valence-corrected chi connectivity index (χ2v) is 5.34. The van der Waals surface area contributed by atoms with E-state index in [2.05, 4.69) is 16.8 Å². The minimum atomic E-state index is -0.605. The number of likely N-dealkylation sites (N-methyl/N-ethyl adjacent to an activating group) is 1. The Kier molecular flexibility index (Phi) is 4.90. The molecule has 19 heavy (non-hydrogen) atoms. The van der Waals surface area contributed by atoms with Gasteiger partial charge in [0.2, 0.25) is 0 Å². The molecule has 1 aromatic carbocycles. The maximum atomic E-state index is 10.2. The topological polar surface area (TPSA) is 56.6 Å². The van der Waals surface area contributed by atoms with Crippen LogP contribution >= 0.6 is 11.3 Å². The highest BCUT2D eigenvalue weighted by Gasteiger charge is 2.14. The number of benzene rings is 1. The van der Waals surface area contributed by atoms with E-state index >= 15 is 0 Å². The summed E-state index contributed by atoms with van der Waals surface area (Å²) in [5.74, 6) is 0.180. The molecular weight excluding hydrogens is 260 g/mol. The fraction of sp³-hybridized carbons (Fsp3) is 0.357. The molecule has 0 bridgehead atoms. The Morgan fingerprint density at radius 1 is 1.42 bits per heavy atom. The number of nitrogens with zero attached hydrogens (tertiary/aromatic N) is 2. The van der Waals surface area contributed by atoms with Gasteiger partial charge in [-0.3, -0.25) is 4.90 Å². The van der Waals surface area contributed by atoms with Crippen LogP contribution in [-0.4, -0.2) is 33.2 Å². The summed E-state index contributed by atoms with van der Waals surface area (Å²) in [7, 11) is 0. The van der Waals surface area contributed by atoms with Gasteiger partial charge in [0.1, 0.15) is 10.8 Å². The fourth-order valence-corrected chi connectivity index (χ4v) is 2.57. The van der Waals surface area contributed by atoms with Gasteiger partial charge in [-0.15, -0.1) is 11.3 Å². The monoisotopic (exact) mass is 278 g/mol. The van der Waals surface area contributed by atoms with Crippen molar-refractivity contribution in [1.82, 2.24) is 9.88 Å². The summed E-state index contributed by atoms with van der Waals surface area (Å²) < 4.78 is 0. The van der Waals surface area contributed by atoms with Crippen molar-refractivity contribution < 1.29 is 10.2 Å². The summed E-state index contributed by atoms with van der Waals surface area (Å²) in [6.45, 7) is 4.17. The largest absolute Gasteiger partial charge is 0.508 e. The smallest absolute Gasteiger partial charge is 0.115 e. The molecule has 5 heteroatoms. The van der Waals surface area contributed by atoms with E-state index in [9.17, 15) is 10.2 Å².